The number of aryl methyl sites for hydroxylation is 1. The second-order valence-corrected chi connectivity index (χ2v) is 5.75. The molecule has 21 heavy (non-hydrogen) atoms. The van der Waals surface area contributed by atoms with Gasteiger partial charge in [-0.3, -0.25) is 4.79 Å². The first-order chi connectivity index (χ1) is 9.88. The molecule has 0 aliphatic heterocycles. The molecule has 0 radical (unpaired) electrons. The molecule has 3 nitrogen and oxygen atoms in total. The van der Waals surface area contributed by atoms with Gasteiger partial charge in [0, 0.05) is 12.1 Å². The van der Waals surface area contributed by atoms with E-state index in [0.717, 1.165) is 16.7 Å². The lowest BCUT2D eigenvalue weighted by Crippen LogP contribution is -2.23. The zero-order valence-electron chi connectivity index (χ0n) is 12.7. The van der Waals surface area contributed by atoms with Crippen molar-refractivity contribution >= 4 is 5.91 Å². The molecule has 0 bridgehead atoms. The van der Waals surface area contributed by atoms with Crippen LogP contribution in [0.5, 0.6) is 0 Å². The van der Waals surface area contributed by atoms with Crippen molar-refractivity contribution in [3.8, 4) is 0 Å². The fraction of sp³-hybridized carbons (Fsp3) is 0.278. The average molecular weight is 283 g/mol. The van der Waals surface area contributed by atoms with Gasteiger partial charge >= 0.3 is 0 Å². The summed E-state index contributed by atoms with van der Waals surface area (Å²) in [6.45, 7) is 5.90. The van der Waals surface area contributed by atoms with Gasteiger partial charge in [0.05, 0.1) is 5.60 Å². The van der Waals surface area contributed by atoms with E-state index in [2.05, 4.69) is 5.32 Å². The molecule has 0 saturated heterocycles. The highest BCUT2D eigenvalue weighted by Gasteiger charge is 2.15. The van der Waals surface area contributed by atoms with Gasteiger partial charge in [0.15, 0.2) is 0 Å². The lowest BCUT2D eigenvalue weighted by molar-refractivity contribution is 0.0785. The fourth-order valence-corrected chi connectivity index (χ4v) is 2.14. The molecule has 0 fully saturated rings. The fourth-order valence-electron chi connectivity index (χ4n) is 2.14. The van der Waals surface area contributed by atoms with Crippen LogP contribution in [0.1, 0.15) is 40.9 Å². The van der Waals surface area contributed by atoms with Gasteiger partial charge in [-0.25, -0.2) is 0 Å². The Kier molecular flexibility index (Phi) is 4.43. The van der Waals surface area contributed by atoms with E-state index in [1.807, 2.05) is 55.5 Å². The largest absolute Gasteiger partial charge is 0.386 e. The van der Waals surface area contributed by atoms with E-state index in [1.54, 1.807) is 13.8 Å². The van der Waals surface area contributed by atoms with Gasteiger partial charge in [-0.1, -0.05) is 42.5 Å². The number of hydrogen-bond acceptors (Lipinski definition) is 2. The van der Waals surface area contributed by atoms with E-state index in [0.29, 0.717) is 12.1 Å². The van der Waals surface area contributed by atoms with E-state index in [4.69, 9.17) is 0 Å². The number of benzene rings is 2. The van der Waals surface area contributed by atoms with Gasteiger partial charge < -0.3 is 10.4 Å². The zero-order valence-corrected chi connectivity index (χ0v) is 12.7. The first kappa shape index (κ1) is 15.3. The molecule has 1 amide bonds. The highest BCUT2D eigenvalue weighted by Crippen LogP contribution is 2.19. The Bertz CT molecular complexity index is 624. The van der Waals surface area contributed by atoms with E-state index in [1.165, 1.54) is 0 Å². The standard InChI is InChI=1S/C18H21NO2/c1-13-6-4-5-7-16(13)17(20)19-12-14-8-10-15(11-9-14)18(2,3)21/h4-11,21H,12H2,1-3H3,(H,19,20). The molecule has 2 N–H and O–H groups in total. The molecule has 0 saturated carbocycles. The molecule has 0 heterocycles. The monoisotopic (exact) mass is 283 g/mol. The zero-order chi connectivity index (χ0) is 15.5. The third-order valence-corrected chi connectivity index (χ3v) is 3.50. The molecule has 110 valence electrons. The lowest BCUT2D eigenvalue weighted by Gasteiger charge is -2.18. The molecular formula is C18H21NO2. The number of rotatable bonds is 4. The third kappa shape index (κ3) is 3.92. The summed E-state index contributed by atoms with van der Waals surface area (Å²) in [7, 11) is 0. The maximum Gasteiger partial charge on any atom is 0.251 e. The summed E-state index contributed by atoms with van der Waals surface area (Å²) in [6, 6.07) is 15.1. The van der Waals surface area contributed by atoms with Crippen molar-refractivity contribution in [1.82, 2.24) is 5.32 Å². The van der Waals surface area contributed by atoms with Crippen LogP contribution in [0.15, 0.2) is 48.5 Å². The summed E-state index contributed by atoms with van der Waals surface area (Å²) in [4.78, 5) is 12.1. The van der Waals surface area contributed by atoms with Crippen LogP contribution >= 0.6 is 0 Å². The predicted molar refractivity (Wildman–Crippen MR) is 84.0 cm³/mol. The summed E-state index contributed by atoms with van der Waals surface area (Å²) in [5.74, 6) is -0.0698. The molecule has 0 aliphatic carbocycles. The Morgan fingerprint density at radius 1 is 1.10 bits per heavy atom. The number of nitrogens with one attached hydrogen (secondary N) is 1. The van der Waals surface area contributed by atoms with Gasteiger partial charge in [-0.05, 0) is 43.5 Å². The van der Waals surface area contributed by atoms with Crippen molar-refractivity contribution in [3.63, 3.8) is 0 Å². The quantitative estimate of drug-likeness (QED) is 0.905. The number of aliphatic hydroxyl groups is 1. The van der Waals surface area contributed by atoms with Crippen LogP contribution in [0.3, 0.4) is 0 Å². The van der Waals surface area contributed by atoms with Gasteiger partial charge in [0.1, 0.15) is 0 Å². The molecule has 0 aliphatic rings. The maximum atomic E-state index is 12.1. The maximum absolute atomic E-state index is 12.1. The van der Waals surface area contributed by atoms with Crippen molar-refractivity contribution < 1.29 is 9.90 Å². The molecule has 0 spiro atoms. The molecule has 2 rings (SSSR count). The van der Waals surface area contributed by atoms with Crippen molar-refractivity contribution in [2.45, 2.75) is 32.9 Å². The first-order valence-electron chi connectivity index (χ1n) is 7.03. The minimum Gasteiger partial charge on any atom is -0.386 e. The molecule has 2 aromatic rings. The summed E-state index contributed by atoms with van der Waals surface area (Å²) >= 11 is 0. The van der Waals surface area contributed by atoms with E-state index < -0.39 is 5.60 Å². The van der Waals surface area contributed by atoms with Gasteiger partial charge in [-0.15, -0.1) is 0 Å². The smallest absolute Gasteiger partial charge is 0.251 e. The average Bonchev–Trinajstić information content (AvgIpc) is 2.45. The van der Waals surface area contributed by atoms with Crippen LogP contribution in [-0.2, 0) is 12.1 Å². The molecule has 2 aromatic carbocycles. The second-order valence-electron chi connectivity index (χ2n) is 5.75. The number of carbonyl (C=O) groups excluding carboxylic acids is 1. The Balaban J connectivity index is 2.00. The van der Waals surface area contributed by atoms with E-state index in [-0.39, 0.29) is 5.91 Å². The van der Waals surface area contributed by atoms with Gasteiger partial charge in [-0.2, -0.15) is 0 Å². The SMILES string of the molecule is Cc1ccccc1C(=O)NCc1ccc(C(C)(C)O)cc1. The Morgan fingerprint density at radius 2 is 1.71 bits per heavy atom. The molecule has 0 aromatic heterocycles. The predicted octanol–water partition coefficient (Wildman–Crippen LogP) is 3.15. The minimum absolute atomic E-state index is 0.0698. The molecule has 0 unspecified atom stereocenters. The van der Waals surface area contributed by atoms with Crippen molar-refractivity contribution in [2.24, 2.45) is 0 Å². The van der Waals surface area contributed by atoms with Crippen molar-refractivity contribution in [1.29, 1.82) is 0 Å². The number of amides is 1. The van der Waals surface area contributed by atoms with Crippen LogP contribution in [0, 0.1) is 6.92 Å². The van der Waals surface area contributed by atoms with Gasteiger partial charge in [0.25, 0.3) is 5.91 Å². The van der Waals surface area contributed by atoms with Gasteiger partial charge in [0.2, 0.25) is 0 Å². The Labute approximate surface area is 125 Å². The summed E-state index contributed by atoms with van der Waals surface area (Å²) in [6.07, 6.45) is 0. The number of carbonyl (C=O) groups is 1. The number of hydrogen-bond donors (Lipinski definition) is 2. The third-order valence-electron chi connectivity index (χ3n) is 3.50. The lowest BCUT2D eigenvalue weighted by atomic mass is 9.97. The summed E-state index contributed by atoms with van der Waals surface area (Å²) in [5, 5.41) is 12.8. The van der Waals surface area contributed by atoms with Crippen molar-refractivity contribution in [3.05, 3.63) is 70.8 Å². The highest BCUT2D eigenvalue weighted by atomic mass is 16.3. The molecule has 0 atom stereocenters. The van der Waals surface area contributed by atoms with Crippen LogP contribution in [0.2, 0.25) is 0 Å². The van der Waals surface area contributed by atoms with E-state index >= 15 is 0 Å². The molecular weight excluding hydrogens is 262 g/mol. The Morgan fingerprint density at radius 3 is 2.29 bits per heavy atom. The van der Waals surface area contributed by atoms with E-state index in [9.17, 15) is 9.90 Å². The highest BCUT2D eigenvalue weighted by molar-refractivity contribution is 5.95. The summed E-state index contributed by atoms with van der Waals surface area (Å²) < 4.78 is 0. The van der Waals surface area contributed by atoms with Crippen LogP contribution in [0.25, 0.3) is 0 Å². The molecule has 3 heteroatoms. The Hall–Kier alpha value is -2.13. The topological polar surface area (TPSA) is 49.3 Å². The normalized spacial score (nSPS) is 11.2. The minimum atomic E-state index is -0.844. The van der Waals surface area contributed by atoms with Crippen LogP contribution < -0.4 is 5.32 Å². The van der Waals surface area contributed by atoms with Crippen LogP contribution in [0.4, 0.5) is 0 Å². The second kappa shape index (κ2) is 6.10. The first-order valence-corrected chi connectivity index (χ1v) is 7.03. The van der Waals surface area contributed by atoms with Crippen LogP contribution in [-0.4, -0.2) is 11.0 Å². The summed E-state index contributed by atoms with van der Waals surface area (Å²) in [5.41, 5.74) is 2.68. The van der Waals surface area contributed by atoms with Crippen molar-refractivity contribution in [2.75, 3.05) is 0 Å².